The van der Waals surface area contributed by atoms with E-state index in [-0.39, 0.29) is 27.8 Å². The summed E-state index contributed by atoms with van der Waals surface area (Å²) in [5, 5.41) is 0. The van der Waals surface area contributed by atoms with Gasteiger partial charge in [0.2, 0.25) is 12.4 Å². The zero-order valence-corrected chi connectivity index (χ0v) is 34.2. The van der Waals surface area contributed by atoms with Crippen LogP contribution < -0.4 is 23.7 Å². The summed E-state index contributed by atoms with van der Waals surface area (Å²) >= 11 is 0. The maximum absolute atomic E-state index is 14.0. The number of benzene rings is 5. The monoisotopic (exact) mass is 850 g/mol. The molecule has 1 aliphatic heterocycles. The maximum Gasteiger partial charge on any atom is 0.340 e. The van der Waals surface area contributed by atoms with Gasteiger partial charge >= 0.3 is 29.8 Å². The Balaban J connectivity index is 1.43. The van der Waals surface area contributed by atoms with Gasteiger partial charge in [0.25, 0.3) is 0 Å². The van der Waals surface area contributed by atoms with Gasteiger partial charge in [-0.2, -0.15) is 0 Å². The minimum Gasteiger partial charge on any atom is -0.497 e. The molecule has 1 saturated heterocycles. The smallest absolute Gasteiger partial charge is 0.340 e. The van der Waals surface area contributed by atoms with Crippen LogP contribution in [0.3, 0.4) is 0 Å². The summed E-state index contributed by atoms with van der Waals surface area (Å²) in [5.41, 5.74) is 0.252. The van der Waals surface area contributed by atoms with E-state index in [9.17, 15) is 24.0 Å². The number of hydrogen-bond acceptors (Lipinski definition) is 16. The minimum atomic E-state index is -1.87. The lowest BCUT2D eigenvalue weighted by Gasteiger charge is -2.43. The van der Waals surface area contributed by atoms with Gasteiger partial charge in [0.05, 0.1) is 63.4 Å². The van der Waals surface area contributed by atoms with E-state index < -0.39 is 67.2 Å². The van der Waals surface area contributed by atoms with Gasteiger partial charge in [-0.15, -0.1) is 0 Å². The lowest BCUT2D eigenvalue weighted by atomic mass is 9.97. The van der Waals surface area contributed by atoms with E-state index in [4.69, 9.17) is 52.1 Å². The van der Waals surface area contributed by atoms with Crippen molar-refractivity contribution in [2.24, 2.45) is 0 Å². The Morgan fingerprint density at radius 3 is 0.968 bits per heavy atom. The second kappa shape index (κ2) is 20.6. The predicted octanol–water partition coefficient (Wildman–Crippen LogP) is 6.15. The highest BCUT2D eigenvalue weighted by Crippen LogP contribution is 2.33. The maximum atomic E-state index is 14.0. The molecule has 0 bridgehead atoms. The van der Waals surface area contributed by atoms with Gasteiger partial charge in [0.15, 0.2) is 12.2 Å². The molecule has 1 heterocycles. The highest BCUT2D eigenvalue weighted by Gasteiger charge is 2.55. The van der Waals surface area contributed by atoms with Crippen molar-refractivity contribution < 1.29 is 76.1 Å². The largest absolute Gasteiger partial charge is 0.497 e. The average Bonchev–Trinajstić information content (AvgIpc) is 3.32. The summed E-state index contributed by atoms with van der Waals surface area (Å²) in [6.07, 6.45) is -8.71. The standard InChI is InChI=1S/C46H42O16/c1-52-32-16-6-27(7-17-32)41(47)57-26-37-38(59-42(48)28-8-18-33(53-2)19-9-28)39(60-43(49)29-10-20-34(54-3)21-11-29)40(61-44(50)30-12-22-35(55-4)23-13-30)46(58-37)62-45(51)31-14-24-36(56-5)25-15-31/h6-25,37-40,46H,26H2,1-5H3/t37-,38-,39+,40-,46-/m1/s1. The fourth-order valence-corrected chi connectivity index (χ4v) is 6.13. The normalized spacial score (nSPS) is 17.9. The van der Waals surface area contributed by atoms with Crippen molar-refractivity contribution in [3.63, 3.8) is 0 Å². The van der Waals surface area contributed by atoms with E-state index in [2.05, 4.69) is 0 Å². The predicted molar refractivity (Wildman–Crippen MR) is 217 cm³/mol. The van der Waals surface area contributed by atoms with Gasteiger partial charge in [0.1, 0.15) is 41.5 Å². The fourth-order valence-electron chi connectivity index (χ4n) is 6.13. The molecule has 0 N–H and O–H groups in total. The van der Waals surface area contributed by atoms with Gasteiger partial charge in [-0.25, -0.2) is 24.0 Å². The Bertz CT molecular complexity index is 2310. The highest BCUT2D eigenvalue weighted by molar-refractivity contribution is 5.92. The molecule has 0 spiro atoms. The van der Waals surface area contributed by atoms with E-state index in [0.717, 1.165) is 0 Å². The Morgan fingerprint density at radius 2 is 0.645 bits per heavy atom. The van der Waals surface area contributed by atoms with Crippen LogP contribution in [0.15, 0.2) is 121 Å². The van der Waals surface area contributed by atoms with Crippen LogP contribution in [0.4, 0.5) is 0 Å². The molecule has 16 heteroatoms. The summed E-state index contributed by atoms with van der Waals surface area (Å²) in [6, 6.07) is 29.6. The fraction of sp³-hybridized carbons (Fsp3) is 0.239. The molecule has 0 radical (unpaired) electrons. The Labute approximate surface area is 356 Å². The van der Waals surface area contributed by atoms with Gasteiger partial charge in [-0.05, 0) is 121 Å². The molecule has 16 nitrogen and oxygen atoms in total. The third-order valence-corrected chi connectivity index (χ3v) is 9.55. The molecule has 5 atom stereocenters. The number of methoxy groups -OCH3 is 5. The minimum absolute atomic E-state index is 0.0204. The van der Waals surface area contributed by atoms with E-state index in [0.29, 0.717) is 28.7 Å². The molecule has 0 amide bonds. The summed E-state index contributed by atoms with van der Waals surface area (Å²) in [4.78, 5) is 69.1. The van der Waals surface area contributed by atoms with Crippen molar-refractivity contribution in [1.29, 1.82) is 0 Å². The SMILES string of the molecule is COc1ccc(C(=O)OC[C@H]2O[C@H](OC(=O)c3ccc(OC)cc3)[C@H](OC(=O)c3ccc(OC)cc3)[C@@H](OC(=O)c3ccc(OC)cc3)[C@@H]2OC(=O)c2ccc(OC)cc2)cc1. The van der Waals surface area contributed by atoms with Crippen molar-refractivity contribution in [3.8, 4) is 28.7 Å². The molecule has 1 fully saturated rings. The number of rotatable bonds is 16. The van der Waals surface area contributed by atoms with Crippen LogP contribution in [0.1, 0.15) is 51.8 Å². The van der Waals surface area contributed by atoms with Gasteiger partial charge < -0.3 is 52.1 Å². The van der Waals surface area contributed by atoms with Crippen LogP contribution in [0.2, 0.25) is 0 Å². The van der Waals surface area contributed by atoms with Gasteiger partial charge in [0, 0.05) is 0 Å². The van der Waals surface area contributed by atoms with Crippen LogP contribution in [0, 0.1) is 0 Å². The first kappa shape index (κ1) is 44.0. The summed E-state index contributed by atoms with van der Waals surface area (Å²) in [5.74, 6) is -2.38. The first-order valence-corrected chi connectivity index (χ1v) is 18.9. The molecule has 322 valence electrons. The lowest BCUT2D eigenvalue weighted by Crippen LogP contribution is -2.63. The number of esters is 5. The summed E-state index contributed by atoms with van der Waals surface area (Å²) in [7, 11) is 7.29. The average molecular weight is 851 g/mol. The van der Waals surface area contributed by atoms with E-state index in [1.165, 1.54) is 145 Å². The molecule has 5 aromatic carbocycles. The molecule has 62 heavy (non-hydrogen) atoms. The molecule has 1 aliphatic rings. The molecule has 0 aliphatic carbocycles. The van der Waals surface area contributed by atoms with Crippen LogP contribution in [-0.2, 0) is 28.4 Å². The Hall–Kier alpha value is -7.59. The van der Waals surface area contributed by atoms with Crippen molar-refractivity contribution >= 4 is 29.8 Å². The third kappa shape index (κ3) is 10.8. The highest BCUT2D eigenvalue weighted by atomic mass is 16.7. The topological polar surface area (TPSA) is 187 Å². The second-order valence-electron chi connectivity index (χ2n) is 13.3. The van der Waals surface area contributed by atoms with E-state index >= 15 is 0 Å². The molecular weight excluding hydrogens is 808 g/mol. The zero-order valence-electron chi connectivity index (χ0n) is 34.2. The molecule has 6 rings (SSSR count). The zero-order chi connectivity index (χ0) is 44.2. The first-order valence-electron chi connectivity index (χ1n) is 18.9. The van der Waals surface area contributed by atoms with Crippen LogP contribution >= 0.6 is 0 Å². The molecule has 0 aromatic heterocycles. The Morgan fingerprint density at radius 1 is 0.371 bits per heavy atom. The first-order chi connectivity index (χ1) is 30.0. The lowest BCUT2D eigenvalue weighted by molar-refractivity contribution is -0.282. The molecule has 0 saturated carbocycles. The number of carbonyl (C=O) groups excluding carboxylic acids is 5. The van der Waals surface area contributed by atoms with Crippen molar-refractivity contribution in [2.75, 3.05) is 42.2 Å². The van der Waals surface area contributed by atoms with Crippen molar-refractivity contribution in [1.82, 2.24) is 0 Å². The molecule has 5 aromatic rings. The van der Waals surface area contributed by atoms with Crippen LogP contribution in [0.25, 0.3) is 0 Å². The summed E-state index contributed by atoms with van der Waals surface area (Å²) < 4.78 is 62.1. The number of hydrogen-bond donors (Lipinski definition) is 0. The third-order valence-electron chi connectivity index (χ3n) is 9.55. The van der Waals surface area contributed by atoms with Crippen molar-refractivity contribution in [3.05, 3.63) is 149 Å². The van der Waals surface area contributed by atoms with Crippen LogP contribution in [-0.4, -0.2) is 103 Å². The quantitative estimate of drug-likeness (QED) is 0.0813. The molecular formula is C46H42O16. The van der Waals surface area contributed by atoms with Crippen LogP contribution in [0.5, 0.6) is 28.7 Å². The summed E-state index contributed by atoms with van der Waals surface area (Å²) in [6.45, 7) is -0.655. The van der Waals surface area contributed by atoms with E-state index in [1.807, 2.05) is 0 Å². The number of carbonyl (C=O) groups is 5. The molecule has 0 unspecified atom stereocenters. The van der Waals surface area contributed by atoms with Gasteiger partial charge in [-0.1, -0.05) is 0 Å². The van der Waals surface area contributed by atoms with Crippen molar-refractivity contribution in [2.45, 2.75) is 30.7 Å². The Kier molecular flexibility index (Phi) is 14.6. The number of ether oxygens (including phenoxy) is 11. The second-order valence-corrected chi connectivity index (χ2v) is 13.3. The van der Waals surface area contributed by atoms with Gasteiger partial charge in [-0.3, -0.25) is 0 Å². The van der Waals surface area contributed by atoms with E-state index in [1.54, 1.807) is 12.1 Å².